The number of carbonyl (C=O) groups excluding carboxylic acids is 3. The van der Waals surface area contributed by atoms with Crippen LogP contribution in [0.15, 0.2) is 65.8 Å². The Kier molecular flexibility index (Phi) is 6.94. The fourth-order valence-corrected chi connectivity index (χ4v) is 4.13. The van der Waals surface area contributed by atoms with Gasteiger partial charge in [0, 0.05) is 44.0 Å². The highest BCUT2D eigenvalue weighted by Crippen LogP contribution is 2.21. The SMILES string of the molecule is O=C(Nc1ccccc1)C1CCN(C(=O)CCC(=O)N2CCC(c3ccccc3)=N2)CC1. The minimum atomic E-state index is -0.124. The average molecular weight is 433 g/mol. The minimum Gasteiger partial charge on any atom is -0.343 e. The van der Waals surface area contributed by atoms with Gasteiger partial charge in [-0.2, -0.15) is 5.10 Å². The molecule has 1 N–H and O–H groups in total. The summed E-state index contributed by atoms with van der Waals surface area (Å²) in [5.41, 5.74) is 2.72. The van der Waals surface area contributed by atoms with Gasteiger partial charge in [-0.1, -0.05) is 48.5 Å². The largest absolute Gasteiger partial charge is 0.343 e. The third-order valence-corrected chi connectivity index (χ3v) is 6.01. The van der Waals surface area contributed by atoms with Crippen LogP contribution in [0, 0.1) is 5.92 Å². The summed E-state index contributed by atoms with van der Waals surface area (Å²) >= 11 is 0. The third kappa shape index (κ3) is 5.41. The van der Waals surface area contributed by atoms with Crippen molar-refractivity contribution in [1.29, 1.82) is 0 Å². The second kappa shape index (κ2) is 10.2. The van der Waals surface area contributed by atoms with Crippen LogP contribution in [-0.2, 0) is 14.4 Å². The summed E-state index contributed by atoms with van der Waals surface area (Å²) in [7, 11) is 0. The molecule has 32 heavy (non-hydrogen) atoms. The molecule has 1 fully saturated rings. The molecule has 2 aromatic carbocycles. The highest BCUT2D eigenvalue weighted by Gasteiger charge is 2.28. The fraction of sp³-hybridized carbons (Fsp3) is 0.360. The standard InChI is InChI=1S/C25H28N4O3/c30-23(11-12-24(31)29-18-15-22(27-29)19-7-3-1-4-8-19)28-16-13-20(14-17-28)25(32)26-21-9-5-2-6-10-21/h1-10,20H,11-18H2,(H,26,32). The van der Waals surface area contributed by atoms with E-state index in [1.54, 1.807) is 4.90 Å². The molecule has 0 aromatic heterocycles. The van der Waals surface area contributed by atoms with Gasteiger partial charge in [0.1, 0.15) is 0 Å². The zero-order chi connectivity index (χ0) is 22.3. The van der Waals surface area contributed by atoms with Crippen molar-refractivity contribution < 1.29 is 14.4 Å². The molecule has 166 valence electrons. The van der Waals surface area contributed by atoms with Crippen LogP contribution in [0.25, 0.3) is 0 Å². The van der Waals surface area contributed by atoms with E-state index in [1.165, 1.54) is 5.01 Å². The van der Waals surface area contributed by atoms with Gasteiger partial charge in [0.05, 0.1) is 12.3 Å². The maximum atomic E-state index is 12.6. The molecule has 0 saturated carbocycles. The van der Waals surface area contributed by atoms with Crippen LogP contribution in [0.5, 0.6) is 0 Å². The lowest BCUT2D eigenvalue weighted by Gasteiger charge is -2.31. The summed E-state index contributed by atoms with van der Waals surface area (Å²) in [6, 6.07) is 19.2. The highest BCUT2D eigenvalue weighted by molar-refractivity contribution is 6.02. The zero-order valence-corrected chi connectivity index (χ0v) is 18.1. The summed E-state index contributed by atoms with van der Waals surface area (Å²) in [4.78, 5) is 39.3. The molecule has 2 heterocycles. The first-order chi connectivity index (χ1) is 15.6. The number of piperidine rings is 1. The van der Waals surface area contributed by atoms with E-state index < -0.39 is 0 Å². The maximum Gasteiger partial charge on any atom is 0.243 e. The van der Waals surface area contributed by atoms with E-state index in [2.05, 4.69) is 10.4 Å². The lowest BCUT2D eigenvalue weighted by molar-refractivity contribution is -0.138. The summed E-state index contributed by atoms with van der Waals surface area (Å²) in [6.07, 6.45) is 2.32. The van der Waals surface area contributed by atoms with Crippen molar-refractivity contribution in [3.63, 3.8) is 0 Å². The van der Waals surface area contributed by atoms with Crippen LogP contribution in [0.2, 0.25) is 0 Å². The molecule has 7 nitrogen and oxygen atoms in total. The van der Waals surface area contributed by atoms with E-state index in [0.29, 0.717) is 32.5 Å². The van der Waals surface area contributed by atoms with Gasteiger partial charge < -0.3 is 10.2 Å². The Morgan fingerprint density at radius 3 is 2.16 bits per heavy atom. The maximum absolute atomic E-state index is 12.6. The Morgan fingerprint density at radius 2 is 1.47 bits per heavy atom. The number of hydrogen-bond donors (Lipinski definition) is 1. The molecule has 0 atom stereocenters. The minimum absolute atomic E-state index is 0.000378. The first-order valence-corrected chi connectivity index (χ1v) is 11.2. The van der Waals surface area contributed by atoms with Crippen molar-refractivity contribution in [2.24, 2.45) is 11.0 Å². The number of anilines is 1. The van der Waals surface area contributed by atoms with Gasteiger partial charge in [-0.3, -0.25) is 14.4 Å². The average Bonchev–Trinajstić information content (AvgIpc) is 3.34. The van der Waals surface area contributed by atoms with E-state index in [4.69, 9.17) is 0 Å². The first-order valence-electron chi connectivity index (χ1n) is 11.2. The topological polar surface area (TPSA) is 82.1 Å². The van der Waals surface area contributed by atoms with Gasteiger partial charge in [0.15, 0.2) is 0 Å². The number of carbonyl (C=O) groups is 3. The van der Waals surface area contributed by atoms with E-state index in [0.717, 1.165) is 23.4 Å². The lowest BCUT2D eigenvalue weighted by Crippen LogP contribution is -2.41. The number of rotatable bonds is 6. The lowest BCUT2D eigenvalue weighted by atomic mass is 9.95. The third-order valence-electron chi connectivity index (χ3n) is 6.01. The molecule has 0 unspecified atom stereocenters. The first kappa shape index (κ1) is 21.7. The van der Waals surface area contributed by atoms with E-state index in [-0.39, 0.29) is 36.5 Å². The summed E-state index contributed by atoms with van der Waals surface area (Å²) < 4.78 is 0. The fourth-order valence-electron chi connectivity index (χ4n) is 4.13. The molecule has 4 rings (SSSR count). The number of hydrazone groups is 1. The molecule has 2 aromatic rings. The predicted molar refractivity (Wildman–Crippen MR) is 123 cm³/mol. The smallest absolute Gasteiger partial charge is 0.243 e. The number of hydrogen-bond acceptors (Lipinski definition) is 4. The summed E-state index contributed by atoms with van der Waals surface area (Å²) in [5.74, 6) is -0.260. The van der Waals surface area contributed by atoms with Gasteiger partial charge in [-0.15, -0.1) is 0 Å². The van der Waals surface area contributed by atoms with Crippen molar-refractivity contribution in [3.05, 3.63) is 66.2 Å². The van der Waals surface area contributed by atoms with E-state index in [9.17, 15) is 14.4 Å². The number of nitrogens with zero attached hydrogens (tertiary/aromatic N) is 3. The Hall–Kier alpha value is -3.48. The molecule has 1 saturated heterocycles. The van der Waals surface area contributed by atoms with Crippen molar-refractivity contribution in [3.8, 4) is 0 Å². The van der Waals surface area contributed by atoms with Gasteiger partial charge in [0.2, 0.25) is 17.7 Å². The molecule has 0 aliphatic carbocycles. The highest BCUT2D eigenvalue weighted by atomic mass is 16.2. The van der Waals surface area contributed by atoms with E-state index in [1.807, 2.05) is 60.7 Å². The molecular formula is C25H28N4O3. The Bertz CT molecular complexity index is 983. The van der Waals surface area contributed by atoms with Crippen molar-refractivity contribution in [2.45, 2.75) is 32.1 Å². The van der Waals surface area contributed by atoms with E-state index >= 15 is 0 Å². The number of likely N-dealkylation sites (tertiary alicyclic amines) is 1. The van der Waals surface area contributed by atoms with Gasteiger partial charge in [0.25, 0.3) is 0 Å². The second-order valence-electron chi connectivity index (χ2n) is 8.19. The zero-order valence-electron chi connectivity index (χ0n) is 18.1. The summed E-state index contributed by atoms with van der Waals surface area (Å²) in [6.45, 7) is 1.64. The molecular weight excluding hydrogens is 404 g/mol. The molecule has 0 spiro atoms. The second-order valence-corrected chi connectivity index (χ2v) is 8.19. The van der Waals surface area contributed by atoms with Gasteiger partial charge >= 0.3 is 0 Å². The van der Waals surface area contributed by atoms with Crippen LogP contribution in [0.4, 0.5) is 5.69 Å². The van der Waals surface area contributed by atoms with Crippen molar-refractivity contribution in [2.75, 3.05) is 25.0 Å². The van der Waals surface area contributed by atoms with Gasteiger partial charge in [-0.25, -0.2) is 5.01 Å². The molecule has 0 bridgehead atoms. The van der Waals surface area contributed by atoms with Crippen molar-refractivity contribution >= 4 is 29.1 Å². The Morgan fingerprint density at radius 1 is 0.844 bits per heavy atom. The molecule has 0 radical (unpaired) electrons. The van der Waals surface area contributed by atoms with Gasteiger partial charge in [-0.05, 0) is 30.5 Å². The number of benzene rings is 2. The van der Waals surface area contributed by atoms with Crippen LogP contribution in [0.1, 0.15) is 37.7 Å². The van der Waals surface area contributed by atoms with Crippen LogP contribution in [-0.4, -0.2) is 53.0 Å². The van der Waals surface area contributed by atoms with Crippen LogP contribution >= 0.6 is 0 Å². The normalized spacial score (nSPS) is 16.6. The quantitative estimate of drug-likeness (QED) is 0.761. The summed E-state index contributed by atoms with van der Waals surface area (Å²) in [5, 5.41) is 8.86. The monoisotopic (exact) mass is 432 g/mol. The number of para-hydroxylation sites is 1. The Labute approximate surface area is 188 Å². The molecule has 2 aliphatic rings. The number of amides is 3. The molecule has 2 aliphatic heterocycles. The molecule has 3 amide bonds. The van der Waals surface area contributed by atoms with Crippen LogP contribution in [0.3, 0.4) is 0 Å². The van der Waals surface area contributed by atoms with Crippen LogP contribution < -0.4 is 5.32 Å². The predicted octanol–water partition coefficient (Wildman–Crippen LogP) is 3.28. The Balaban J connectivity index is 1.20. The number of nitrogens with one attached hydrogen (secondary N) is 1. The van der Waals surface area contributed by atoms with Crippen molar-refractivity contribution in [1.82, 2.24) is 9.91 Å². The molecule has 7 heteroatoms.